The van der Waals surface area contributed by atoms with Crippen molar-refractivity contribution in [3.8, 4) is 5.75 Å². The van der Waals surface area contributed by atoms with Crippen molar-refractivity contribution in [3.63, 3.8) is 0 Å². The molecule has 0 aromatic heterocycles. The maximum absolute atomic E-state index is 6.20. The molecule has 2 aromatic rings. The van der Waals surface area contributed by atoms with Crippen LogP contribution in [0, 0.1) is 0 Å². The van der Waals surface area contributed by atoms with Gasteiger partial charge in [0, 0.05) is 12.1 Å². The summed E-state index contributed by atoms with van der Waals surface area (Å²) in [6.07, 6.45) is 10.2. The van der Waals surface area contributed by atoms with Crippen LogP contribution < -0.4 is 10.1 Å². The fraction of sp³-hybridized carbons (Fsp3) is 0.478. The molecule has 0 amide bonds. The first-order valence-corrected chi connectivity index (χ1v) is 9.84. The topological polar surface area (TPSA) is 21.3 Å². The van der Waals surface area contributed by atoms with Gasteiger partial charge in [-0.3, -0.25) is 0 Å². The molecule has 0 saturated carbocycles. The van der Waals surface area contributed by atoms with Gasteiger partial charge >= 0.3 is 0 Å². The molecule has 0 radical (unpaired) electrons. The van der Waals surface area contributed by atoms with E-state index in [1.807, 2.05) is 0 Å². The largest absolute Gasteiger partial charge is 0.490 e. The summed E-state index contributed by atoms with van der Waals surface area (Å²) < 4.78 is 6.20. The smallest absolute Gasteiger partial charge is 0.124 e. The lowest BCUT2D eigenvalue weighted by Crippen LogP contribution is -2.18. The fourth-order valence-corrected chi connectivity index (χ4v) is 3.50. The summed E-state index contributed by atoms with van der Waals surface area (Å²) in [7, 11) is 0. The molecule has 1 N–H and O–H groups in total. The maximum Gasteiger partial charge on any atom is 0.124 e. The third kappa shape index (κ3) is 4.85. The molecule has 0 spiro atoms. The Balaban J connectivity index is 1.70. The first kappa shape index (κ1) is 18.0. The van der Waals surface area contributed by atoms with Gasteiger partial charge in [-0.05, 0) is 68.8 Å². The molecule has 1 aliphatic rings. The Morgan fingerprint density at radius 2 is 2.00 bits per heavy atom. The van der Waals surface area contributed by atoms with E-state index in [0.29, 0.717) is 0 Å². The summed E-state index contributed by atoms with van der Waals surface area (Å²) in [4.78, 5) is 0. The number of ether oxygens (including phenoxy) is 1. The molecule has 2 heteroatoms. The van der Waals surface area contributed by atoms with Gasteiger partial charge in [0.2, 0.25) is 0 Å². The normalized spacial score (nSPS) is 15.8. The van der Waals surface area contributed by atoms with E-state index in [-0.39, 0.29) is 6.10 Å². The van der Waals surface area contributed by atoms with Crippen LogP contribution in [0.25, 0.3) is 10.8 Å². The molecule has 1 aliphatic carbocycles. The van der Waals surface area contributed by atoms with E-state index in [0.717, 1.165) is 25.3 Å². The molecule has 0 heterocycles. The lowest BCUT2D eigenvalue weighted by Gasteiger charge is -2.19. The molecule has 0 bridgehead atoms. The molecule has 2 aromatic carbocycles. The molecule has 1 atom stereocenters. The molecular weight excluding hydrogens is 306 g/mol. The van der Waals surface area contributed by atoms with Crippen molar-refractivity contribution >= 4 is 10.8 Å². The van der Waals surface area contributed by atoms with Crippen LogP contribution in [0.1, 0.15) is 57.9 Å². The number of allylic oxidation sites excluding steroid dienone is 1. The predicted octanol–water partition coefficient (Wildman–Crippen LogP) is 6.00. The lowest BCUT2D eigenvalue weighted by atomic mass is 9.97. The van der Waals surface area contributed by atoms with Gasteiger partial charge < -0.3 is 10.1 Å². The number of benzene rings is 2. The molecule has 2 nitrogen and oxygen atoms in total. The van der Waals surface area contributed by atoms with E-state index < -0.39 is 0 Å². The third-order valence-electron chi connectivity index (χ3n) is 5.21. The van der Waals surface area contributed by atoms with Crippen molar-refractivity contribution in [1.82, 2.24) is 5.32 Å². The van der Waals surface area contributed by atoms with Crippen molar-refractivity contribution < 1.29 is 4.74 Å². The monoisotopic (exact) mass is 337 g/mol. The second-order valence-corrected chi connectivity index (χ2v) is 7.14. The molecule has 25 heavy (non-hydrogen) atoms. The van der Waals surface area contributed by atoms with Crippen LogP contribution in [0.15, 0.2) is 48.0 Å². The van der Waals surface area contributed by atoms with Gasteiger partial charge in [-0.1, -0.05) is 48.9 Å². The Kier molecular flexibility index (Phi) is 6.52. The van der Waals surface area contributed by atoms with Gasteiger partial charge in [0.1, 0.15) is 5.75 Å². The highest BCUT2D eigenvalue weighted by atomic mass is 16.5. The molecular formula is C23H31NO. The van der Waals surface area contributed by atoms with Gasteiger partial charge in [0.05, 0.1) is 6.10 Å². The van der Waals surface area contributed by atoms with Crippen molar-refractivity contribution in [2.24, 2.45) is 0 Å². The number of hydrogen-bond acceptors (Lipinski definition) is 2. The molecule has 134 valence electrons. The van der Waals surface area contributed by atoms with Crippen LogP contribution in [0.4, 0.5) is 0 Å². The Hall–Kier alpha value is -1.80. The van der Waals surface area contributed by atoms with Crippen LogP contribution in [-0.4, -0.2) is 12.6 Å². The van der Waals surface area contributed by atoms with Crippen LogP contribution in [0.2, 0.25) is 0 Å². The zero-order chi connectivity index (χ0) is 17.5. The Morgan fingerprint density at radius 3 is 2.80 bits per heavy atom. The highest BCUT2D eigenvalue weighted by Gasteiger charge is 2.11. The minimum absolute atomic E-state index is 0.243. The summed E-state index contributed by atoms with van der Waals surface area (Å²) in [5.74, 6) is 1.03. The van der Waals surface area contributed by atoms with Crippen LogP contribution >= 0.6 is 0 Å². The minimum Gasteiger partial charge on any atom is -0.490 e. The lowest BCUT2D eigenvalue weighted by molar-refractivity contribution is 0.215. The summed E-state index contributed by atoms with van der Waals surface area (Å²) in [5.41, 5.74) is 2.92. The van der Waals surface area contributed by atoms with E-state index in [2.05, 4.69) is 61.6 Å². The molecule has 3 rings (SSSR count). The summed E-state index contributed by atoms with van der Waals surface area (Å²) in [6, 6.07) is 12.9. The number of rotatable bonds is 8. The van der Waals surface area contributed by atoms with Gasteiger partial charge in [0.15, 0.2) is 0 Å². The second-order valence-electron chi connectivity index (χ2n) is 7.14. The number of hydrogen-bond donors (Lipinski definition) is 1. The highest BCUT2D eigenvalue weighted by molar-refractivity contribution is 5.87. The molecule has 0 saturated heterocycles. The molecule has 0 aliphatic heterocycles. The van der Waals surface area contributed by atoms with E-state index in [9.17, 15) is 0 Å². The van der Waals surface area contributed by atoms with Crippen LogP contribution in [0.5, 0.6) is 5.75 Å². The van der Waals surface area contributed by atoms with E-state index >= 15 is 0 Å². The summed E-state index contributed by atoms with van der Waals surface area (Å²) in [5, 5.41) is 6.23. The van der Waals surface area contributed by atoms with Crippen molar-refractivity contribution in [2.75, 3.05) is 6.54 Å². The van der Waals surface area contributed by atoms with Gasteiger partial charge in [0.25, 0.3) is 0 Å². The van der Waals surface area contributed by atoms with Gasteiger partial charge in [-0.25, -0.2) is 0 Å². The van der Waals surface area contributed by atoms with Crippen molar-refractivity contribution in [3.05, 3.63) is 53.6 Å². The third-order valence-corrected chi connectivity index (χ3v) is 5.21. The summed E-state index contributed by atoms with van der Waals surface area (Å²) in [6.45, 7) is 6.21. The zero-order valence-electron chi connectivity index (χ0n) is 15.7. The Bertz CT molecular complexity index is 719. The predicted molar refractivity (Wildman–Crippen MR) is 107 cm³/mol. The van der Waals surface area contributed by atoms with Crippen LogP contribution in [0.3, 0.4) is 0 Å². The highest BCUT2D eigenvalue weighted by Crippen LogP contribution is 2.29. The number of nitrogens with one attached hydrogen (secondary N) is 1. The van der Waals surface area contributed by atoms with Gasteiger partial charge in [-0.15, -0.1) is 0 Å². The van der Waals surface area contributed by atoms with E-state index in [1.165, 1.54) is 48.4 Å². The number of fused-ring (bicyclic) bond motifs is 1. The first-order valence-electron chi connectivity index (χ1n) is 9.84. The van der Waals surface area contributed by atoms with Crippen LogP contribution in [-0.2, 0) is 6.54 Å². The molecule has 1 unspecified atom stereocenters. The average Bonchev–Trinajstić information content (AvgIpc) is 2.67. The second kappa shape index (κ2) is 9.05. The SMILES string of the molecule is CCC(C)Oc1ccc2ccccc2c1CNCCC1=CCCCC1. The maximum atomic E-state index is 6.20. The van der Waals surface area contributed by atoms with E-state index in [4.69, 9.17) is 4.74 Å². The van der Waals surface area contributed by atoms with Crippen molar-refractivity contribution in [2.45, 2.75) is 65.0 Å². The standard InChI is InChI=1S/C23H31NO/c1-3-18(2)25-23-14-13-20-11-7-8-12-21(20)22(23)17-24-16-15-19-9-5-4-6-10-19/h7-9,11-14,18,24H,3-6,10,15-17H2,1-2H3. The van der Waals surface area contributed by atoms with Crippen molar-refractivity contribution in [1.29, 1.82) is 0 Å². The quantitative estimate of drug-likeness (QED) is 0.471. The summed E-state index contributed by atoms with van der Waals surface area (Å²) >= 11 is 0. The fourth-order valence-electron chi connectivity index (χ4n) is 3.50. The van der Waals surface area contributed by atoms with E-state index in [1.54, 1.807) is 5.57 Å². The average molecular weight is 338 g/mol. The Morgan fingerprint density at radius 1 is 1.12 bits per heavy atom. The molecule has 0 fully saturated rings. The zero-order valence-corrected chi connectivity index (χ0v) is 15.7. The Labute approximate surface area is 152 Å². The first-order chi connectivity index (χ1) is 12.3. The minimum atomic E-state index is 0.243. The van der Waals surface area contributed by atoms with Gasteiger partial charge in [-0.2, -0.15) is 0 Å².